The summed E-state index contributed by atoms with van der Waals surface area (Å²) in [5.74, 6) is 50.9. The van der Waals surface area contributed by atoms with Gasteiger partial charge in [0.1, 0.15) is 5.76 Å². The van der Waals surface area contributed by atoms with Crippen molar-refractivity contribution in [1.29, 1.82) is 0 Å². The van der Waals surface area contributed by atoms with Gasteiger partial charge in [-0.3, -0.25) is 10.5 Å². The van der Waals surface area contributed by atoms with Crippen LogP contribution in [-0.4, -0.2) is 35.0 Å². The van der Waals surface area contributed by atoms with E-state index in [1.165, 1.54) is 0 Å². The second kappa shape index (κ2) is 23.1. The number of rotatable bonds is 5. The lowest BCUT2D eigenvalue weighted by Crippen LogP contribution is -2.13. The van der Waals surface area contributed by atoms with E-state index in [1.807, 2.05) is 25.6 Å². The van der Waals surface area contributed by atoms with Crippen molar-refractivity contribution in [2.45, 2.75) is 46.7 Å². The van der Waals surface area contributed by atoms with Gasteiger partial charge in [-0.1, -0.05) is 37.9 Å². The van der Waals surface area contributed by atoms with Gasteiger partial charge in [-0.2, -0.15) is 5.10 Å². The molecular formula is C40H48N10O2S2. The molecule has 3 heterocycles. The van der Waals surface area contributed by atoms with Crippen LogP contribution in [0.2, 0.25) is 0 Å². The Morgan fingerprint density at radius 1 is 0.833 bits per heavy atom. The molecule has 282 valence electrons. The number of benzene rings is 1. The number of nitrogens with zero attached hydrogens (tertiary/aromatic N) is 8. The zero-order chi connectivity index (χ0) is 39.9. The van der Waals surface area contributed by atoms with E-state index in [1.54, 1.807) is 31.1 Å². The maximum atomic E-state index is 9.61. The van der Waals surface area contributed by atoms with E-state index >= 15 is 0 Å². The molecule has 0 saturated heterocycles. The minimum Gasteiger partial charge on any atom is -0.478 e. The number of hydrogen-bond acceptors (Lipinski definition) is 9. The third-order valence-corrected chi connectivity index (χ3v) is 7.39. The quantitative estimate of drug-likeness (QED) is 0.0438. The lowest BCUT2D eigenvalue weighted by molar-refractivity contribution is -0.444. The van der Waals surface area contributed by atoms with Gasteiger partial charge in [-0.15, -0.1) is 0 Å². The smallest absolute Gasteiger partial charge is 0.191 e. The number of thioether (sulfide) groups is 1. The molecular weight excluding hydrogens is 717 g/mol. The van der Waals surface area contributed by atoms with Gasteiger partial charge in [-0.25, -0.2) is 4.98 Å². The van der Waals surface area contributed by atoms with Gasteiger partial charge < -0.3 is 21.9 Å². The minimum absolute atomic E-state index is 0. The van der Waals surface area contributed by atoms with Crippen LogP contribution in [-0.2, 0) is 26.9 Å². The first-order valence-electron chi connectivity index (χ1n) is 15.3. The fourth-order valence-corrected chi connectivity index (χ4v) is 5.12. The van der Waals surface area contributed by atoms with E-state index in [-0.39, 0.29) is 15.7 Å². The van der Waals surface area contributed by atoms with E-state index in [2.05, 4.69) is 190 Å². The van der Waals surface area contributed by atoms with Crippen molar-refractivity contribution in [1.82, 2.24) is 30.0 Å². The number of fused-ring (bicyclic) bond motifs is 1. The molecule has 0 spiro atoms. The molecule has 14 heteroatoms. The standard InChI is InChI=1S/C20H23N5OS.C20H6.H3N5OS.8H2/c1-10-17(12(3)25(6)22-10)15-8-14(18-11(2)23-26-13(18)4)9-16-19(15)24(5)20(21-16)27-7;1-3-5-7-9-11-13-15-17-19-20-18-16-14-12-10-8-6-4-2;1-2-3-4-5(6)7;;;;;;;;/h8-9H,1-7H3;1-2H3;(H2,1,3)(H,2,4,6,7);8*1H. The van der Waals surface area contributed by atoms with Crippen LogP contribution in [0.3, 0.4) is 0 Å². The Kier molecular flexibility index (Phi) is 18.2. The van der Waals surface area contributed by atoms with Crippen LogP contribution in [0, 0.1) is 139 Å². The van der Waals surface area contributed by atoms with E-state index in [9.17, 15) is 4.91 Å². The van der Waals surface area contributed by atoms with Gasteiger partial charge in [0, 0.05) is 47.9 Å². The Morgan fingerprint density at radius 2 is 1.33 bits per heavy atom. The molecule has 0 radical (unpaired) electrons. The third-order valence-electron chi connectivity index (χ3n) is 6.58. The van der Waals surface area contributed by atoms with E-state index in [0.29, 0.717) is 0 Å². The van der Waals surface area contributed by atoms with Crippen molar-refractivity contribution in [2.24, 2.45) is 30.4 Å². The van der Waals surface area contributed by atoms with Gasteiger partial charge in [0.25, 0.3) is 0 Å². The summed E-state index contributed by atoms with van der Waals surface area (Å²) in [5, 5.41) is 15.3. The molecule has 0 atom stereocenters. The zero-order valence-corrected chi connectivity index (χ0v) is 32.6. The molecule has 1 aromatic carbocycles. The fraction of sp³-hybridized carbons (Fsp3) is 0.225. The van der Waals surface area contributed by atoms with Crippen molar-refractivity contribution < 1.29 is 20.2 Å². The van der Waals surface area contributed by atoms with E-state index < -0.39 is 0 Å². The average Bonchev–Trinajstić information content (AvgIpc) is 3.76. The lowest BCUT2D eigenvalue weighted by Gasteiger charge is -2.10. The minimum atomic E-state index is -0.0453. The molecule has 0 aliphatic carbocycles. The Bertz CT molecular complexity index is 2600. The van der Waals surface area contributed by atoms with Gasteiger partial charge in [0.05, 0.1) is 27.6 Å². The topological polar surface area (TPSA) is 145 Å². The lowest BCUT2D eigenvalue weighted by atomic mass is 9.95. The van der Waals surface area contributed by atoms with E-state index in [4.69, 9.17) is 9.51 Å². The monoisotopic (exact) mass is 764 g/mol. The molecule has 3 N–H and O–H groups in total. The number of nitrogens with two attached hydrogens (primary N) is 1. The second-order valence-corrected chi connectivity index (χ2v) is 11.1. The van der Waals surface area contributed by atoms with Crippen LogP contribution >= 0.6 is 11.8 Å². The summed E-state index contributed by atoms with van der Waals surface area (Å²) < 4.78 is 9.47. The maximum absolute atomic E-state index is 9.61. The van der Waals surface area contributed by atoms with Crippen LogP contribution < -0.4 is 11.4 Å². The first kappa shape index (κ1) is 42.7. The summed E-state index contributed by atoms with van der Waals surface area (Å²) in [7, 11) is 4.05. The molecule has 3 aromatic heterocycles. The molecule has 0 amide bonds. The van der Waals surface area contributed by atoms with Crippen molar-refractivity contribution in [2.75, 3.05) is 6.26 Å². The predicted molar refractivity (Wildman–Crippen MR) is 231 cm³/mol. The van der Waals surface area contributed by atoms with Crippen molar-refractivity contribution in [3.8, 4) is 129 Å². The zero-order valence-electron chi connectivity index (χ0n) is 30.9. The first-order chi connectivity index (χ1) is 26.0. The van der Waals surface area contributed by atoms with Gasteiger partial charge in [-0.05, 0) is 166 Å². The summed E-state index contributed by atoms with van der Waals surface area (Å²) in [6.07, 6.45) is 2.05. The number of aromatic nitrogens is 5. The number of hydrogen-bond donors (Lipinski definition) is 2. The molecule has 4 rings (SSSR count). The third kappa shape index (κ3) is 13.0. The Labute approximate surface area is 337 Å². The first-order valence-corrected chi connectivity index (χ1v) is 16.9. The number of nitroso groups, excluding NO2 is 1. The van der Waals surface area contributed by atoms with Crippen LogP contribution in [0.4, 0.5) is 0 Å². The van der Waals surface area contributed by atoms with Gasteiger partial charge in [0.2, 0.25) is 0 Å². The molecule has 12 nitrogen and oxygen atoms in total. The highest BCUT2D eigenvalue weighted by Gasteiger charge is 2.22. The maximum Gasteiger partial charge on any atom is 0.191 e. The predicted octanol–water partition coefficient (Wildman–Crippen LogP) is 6.58. The van der Waals surface area contributed by atoms with Gasteiger partial charge in [0.15, 0.2) is 10.4 Å². The molecule has 0 bridgehead atoms. The van der Waals surface area contributed by atoms with Crippen molar-refractivity contribution >= 4 is 35.6 Å². The van der Waals surface area contributed by atoms with Crippen LogP contribution in [0.25, 0.3) is 33.3 Å². The molecule has 0 saturated carbocycles. The normalized spacial score (nSPS) is 8.46. The summed E-state index contributed by atoms with van der Waals surface area (Å²) >= 11 is 5.55. The van der Waals surface area contributed by atoms with Gasteiger partial charge >= 0.3 is 0 Å². The summed E-state index contributed by atoms with van der Waals surface area (Å²) in [5.41, 5.74) is 11.3. The fourth-order valence-electron chi connectivity index (χ4n) is 4.53. The number of imidazole rings is 1. The summed E-state index contributed by atoms with van der Waals surface area (Å²) in [6.45, 7) is 11.5. The Morgan fingerprint density at radius 3 is 1.69 bits per heavy atom. The molecule has 0 aliphatic heterocycles. The van der Waals surface area contributed by atoms with Crippen LogP contribution in [0.1, 0.15) is 48.1 Å². The average molecular weight is 765 g/mol. The van der Waals surface area contributed by atoms with E-state index in [0.717, 1.165) is 61.3 Å². The van der Waals surface area contributed by atoms with Crippen molar-refractivity contribution in [3.63, 3.8) is 0 Å². The summed E-state index contributed by atoms with van der Waals surface area (Å²) in [6, 6.07) is 4.35. The highest BCUT2D eigenvalue weighted by atomic mass is 32.2. The molecule has 0 fully saturated rings. The highest BCUT2D eigenvalue weighted by molar-refractivity contribution is 7.98. The van der Waals surface area contributed by atoms with Crippen molar-refractivity contribution in [3.05, 3.63) is 39.9 Å². The SMILES string of the molecule is CC#CC#CC#CC#CC#CC#CC#CC#CC#CC.CSc1nc2cc(-c3c(C)noc3C)cc(-c3c(C)nn(C)c3C)c2n1C.NN=NN[N+](=O)[S-].[HH].[HH].[HH].[HH].[HH].[HH].[HH].[HH]. The molecule has 0 unspecified atom stereocenters. The summed E-state index contributed by atoms with van der Waals surface area (Å²) in [4.78, 5) is 14.5. The number of hydrazine groups is 1. The van der Waals surface area contributed by atoms with Crippen LogP contribution in [0.5, 0.6) is 0 Å². The molecule has 4 aromatic rings. The largest absolute Gasteiger partial charge is 0.478 e. The molecule has 54 heavy (non-hydrogen) atoms. The number of aryl methyl sites for hydroxylation is 5. The highest BCUT2D eigenvalue weighted by Crippen LogP contribution is 2.39. The Balaban J connectivity index is -0.000000156. The molecule has 0 aliphatic rings. The Hall–Kier alpha value is -7.48. The van der Waals surface area contributed by atoms with Crippen LogP contribution in [0.15, 0.2) is 32.3 Å². The number of nitrogens with one attached hydrogen (secondary N) is 1. The second-order valence-electron chi connectivity index (χ2n) is 9.99.